The molecule has 0 radical (unpaired) electrons. The summed E-state index contributed by atoms with van der Waals surface area (Å²) in [5.41, 5.74) is -0.00880. The molecule has 0 bridgehead atoms. The molecule has 1 heterocycles. The van der Waals surface area contributed by atoms with Crippen molar-refractivity contribution in [3.63, 3.8) is 0 Å². The van der Waals surface area contributed by atoms with Crippen molar-refractivity contribution in [1.82, 2.24) is 10.2 Å². The van der Waals surface area contributed by atoms with Crippen molar-refractivity contribution in [3.8, 4) is 0 Å². The summed E-state index contributed by atoms with van der Waals surface area (Å²) in [5.74, 6) is -0.752. The molecule has 4 heteroatoms. The van der Waals surface area contributed by atoms with Crippen molar-refractivity contribution < 1.29 is 9.90 Å². The van der Waals surface area contributed by atoms with E-state index in [-0.39, 0.29) is 0 Å². The Morgan fingerprint density at radius 1 is 1.33 bits per heavy atom. The Morgan fingerprint density at radius 2 is 1.94 bits per heavy atom. The quantitative estimate of drug-likeness (QED) is 0.843. The number of rotatable bonds is 4. The molecular formula is C14H20N2O2. The van der Waals surface area contributed by atoms with Crippen molar-refractivity contribution in [1.29, 1.82) is 0 Å². The average Bonchev–Trinajstić information content (AvgIpc) is 2.42. The van der Waals surface area contributed by atoms with Crippen molar-refractivity contribution in [2.75, 3.05) is 26.2 Å². The highest BCUT2D eigenvalue weighted by atomic mass is 16.4. The van der Waals surface area contributed by atoms with Gasteiger partial charge in [-0.2, -0.15) is 0 Å². The highest BCUT2D eigenvalue weighted by Crippen LogP contribution is 2.32. The van der Waals surface area contributed by atoms with E-state index < -0.39 is 11.5 Å². The molecule has 1 aliphatic heterocycles. The van der Waals surface area contributed by atoms with Crippen LogP contribution in [-0.2, 0) is 10.3 Å². The smallest absolute Gasteiger partial charge is 0.328 e. The number of hydrogen-bond acceptors (Lipinski definition) is 3. The zero-order chi connectivity index (χ0) is 13.0. The summed E-state index contributed by atoms with van der Waals surface area (Å²) >= 11 is 0. The lowest BCUT2D eigenvalue weighted by Crippen LogP contribution is -2.58. The minimum Gasteiger partial charge on any atom is -0.480 e. The standard InChI is InChI=1S/C14H20N2O2/c1-2-14(13(17)18,12-6-4-3-5-7-12)16-10-8-15-9-11-16/h3-7,15H,2,8-11H2,1H3,(H,17,18). The Kier molecular flexibility index (Phi) is 3.99. The third-order valence-electron chi connectivity index (χ3n) is 3.77. The van der Waals surface area contributed by atoms with E-state index in [1.54, 1.807) is 0 Å². The van der Waals surface area contributed by atoms with Gasteiger partial charge in [0.15, 0.2) is 0 Å². The molecule has 1 saturated heterocycles. The maximum absolute atomic E-state index is 11.9. The molecule has 0 aliphatic carbocycles. The molecule has 2 rings (SSSR count). The molecule has 1 aliphatic rings. The van der Waals surface area contributed by atoms with Gasteiger partial charge in [0.1, 0.15) is 5.54 Å². The van der Waals surface area contributed by atoms with E-state index in [4.69, 9.17) is 0 Å². The molecule has 4 nitrogen and oxygen atoms in total. The van der Waals surface area contributed by atoms with Crippen molar-refractivity contribution in [2.24, 2.45) is 0 Å². The Morgan fingerprint density at radius 3 is 2.44 bits per heavy atom. The summed E-state index contributed by atoms with van der Waals surface area (Å²) in [6, 6.07) is 9.57. The third kappa shape index (κ3) is 2.13. The van der Waals surface area contributed by atoms with Gasteiger partial charge >= 0.3 is 5.97 Å². The van der Waals surface area contributed by atoms with Gasteiger partial charge in [0.2, 0.25) is 0 Å². The fraction of sp³-hybridized carbons (Fsp3) is 0.500. The van der Waals surface area contributed by atoms with Crippen molar-refractivity contribution >= 4 is 5.97 Å². The monoisotopic (exact) mass is 248 g/mol. The van der Waals surface area contributed by atoms with Crippen LogP contribution in [0, 0.1) is 0 Å². The van der Waals surface area contributed by atoms with Crippen LogP contribution >= 0.6 is 0 Å². The van der Waals surface area contributed by atoms with Crippen LogP contribution in [0.5, 0.6) is 0 Å². The number of nitrogens with one attached hydrogen (secondary N) is 1. The van der Waals surface area contributed by atoms with Crippen LogP contribution in [-0.4, -0.2) is 42.2 Å². The number of carboxylic acid groups (broad SMARTS) is 1. The molecule has 1 unspecified atom stereocenters. The van der Waals surface area contributed by atoms with Crippen molar-refractivity contribution in [2.45, 2.75) is 18.9 Å². The van der Waals surface area contributed by atoms with Crippen LogP contribution in [0.4, 0.5) is 0 Å². The van der Waals surface area contributed by atoms with E-state index in [0.717, 1.165) is 31.7 Å². The number of aliphatic carboxylic acids is 1. The van der Waals surface area contributed by atoms with E-state index >= 15 is 0 Å². The second-order valence-electron chi connectivity index (χ2n) is 4.62. The van der Waals surface area contributed by atoms with Crippen LogP contribution in [0.3, 0.4) is 0 Å². The Balaban J connectivity index is 2.42. The Bertz CT molecular complexity index is 402. The van der Waals surface area contributed by atoms with E-state index in [1.807, 2.05) is 37.3 Å². The third-order valence-corrected chi connectivity index (χ3v) is 3.77. The van der Waals surface area contributed by atoms with Gasteiger partial charge in [0, 0.05) is 26.2 Å². The highest BCUT2D eigenvalue weighted by molar-refractivity contribution is 5.80. The number of carboxylic acids is 1. The van der Waals surface area contributed by atoms with Crippen LogP contribution in [0.1, 0.15) is 18.9 Å². The largest absolute Gasteiger partial charge is 0.480 e. The molecule has 0 aromatic heterocycles. The van der Waals surface area contributed by atoms with Crippen LogP contribution in [0.15, 0.2) is 30.3 Å². The molecule has 0 amide bonds. The Labute approximate surface area is 108 Å². The molecule has 1 aromatic carbocycles. The summed E-state index contributed by atoms with van der Waals surface area (Å²) in [7, 11) is 0. The van der Waals surface area contributed by atoms with Crippen molar-refractivity contribution in [3.05, 3.63) is 35.9 Å². The molecule has 0 spiro atoms. The van der Waals surface area contributed by atoms with Gasteiger partial charge in [0.25, 0.3) is 0 Å². The maximum Gasteiger partial charge on any atom is 0.328 e. The molecule has 1 aromatic rings. The predicted octanol–water partition coefficient (Wildman–Crippen LogP) is 1.28. The highest BCUT2D eigenvalue weighted by Gasteiger charge is 2.44. The second kappa shape index (κ2) is 5.50. The molecule has 2 N–H and O–H groups in total. The minimum atomic E-state index is -0.886. The zero-order valence-electron chi connectivity index (χ0n) is 10.7. The summed E-state index contributed by atoms with van der Waals surface area (Å²) < 4.78 is 0. The number of piperazine rings is 1. The lowest BCUT2D eigenvalue weighted by molar-refractivity contribution is -0.153. The van der Waals surface area contributed by atoms with E-state index in [2.05, 4.69) is 10.2 Å². The van der Waals surface area contributed by atoms with Gasteiger partial charge < -0.3 is 10.4 Å². The fourth-order valence-corrected chi connectivity index (χ4v) is 2.78. The summed E-state index contributed by atoms with van der Waals surface area (Å²) in [6.07, 6.45) is 0.576. The summed E-state index contributed by atoms with van der Waals surface area (Å²) in [5, 5.41) is 13.0. The van der Waals surface area contributed by atoms with Gasteiger partial charge in [-0.3, -0.25) is 4.90 Å². The zero-order valence-corrected chi connectivity index (χ0v) is 10.7. The summed E-state index contributed by atoms with van der Waals surface area (Å²) in [6.45, 7) is 5.19. The van der Waals surface area contributed by atoms with Gasteiger partial charge in [-0.15, -0.1) is 0 Å². The second-order valence-corrected chi connectivity index (χ2v) is 4.62. The van der Waals surface area contributed by atoms with E-state index in [0.29, 0.717) is 6.42 Å². The van der Waals surface area contributed by atoms with Crippen LogP contribution in [0.2, 0.25) is 0 Å². The van der Waals surface area contributed by atoms with Gasteiger partial charge in [-0.05, 0) is 12.0 Å². The summed E-state index contributed by atoms with van der Waals surface area (Å²) in [4.78, 5) is 14.0. The number of benzene rings is 1. The van der Waals surface area contributed by atoms with Gasteiger partial charge in [0.05, 0.1) is 0 Å². The first-order chi connectivity index (χ1) is 8.71. The molecule has 1 fully saturated rings. The minimum absolute atomic E-state index is 0.576. The maximum atomic E-state index is 11.9. The fourth-order valence-electron chi connectivity index (χ4n) is 2.78. The number of carbonyl (C=O) groups is 1. The molecule has 0 saturated carbocycles. The van der Waals surface area contributed by atoms with E-state index in [9.17, 15) is 9.90 Å². The first-order valence-electron chi connectivity index (χ1n) is 6.46. The van der Waals surface area contributed by atoms with Gasteiger partial charge in [-0.1, -0.05) is 37.3 Å². The molecular weight excluding hydrogens is 228 g/mol. The first kappa shape index (κ1) is 13.1. The SMILES string of the molecule is CCC(C(=O)O)(c1ccccc1)N1CCNCC1. The number of hydrogen-bond donors (Lipinski definition) is 2. The predicted molar refractivity (Wildman–Crippen MR) is 70.5 cm³/mol. The average molecular weight is 248 g/mol. The molecule has 98 valence electrons. The first-order valence-corrected chi connectivity index (χ1v) is 6.46. The van der Waals surface area contributed by atoms with Gasteiger partial charge in [-0.25, -0.2) is 4.79 Å². The lowest BCUT2D eigenvalue weighted by atomic mass is 9.85. The normalized spacial score (nSPS) is 20.3. The van der Waals surface area contributed by atoms with Crippen LogP contribution < -0.4 is 5.32 Å². The Hall–Kier alpha value is -1.39. The van der Waals surface area contributed by atoms with E-state index in [1.165, 1.54) is 0 Å². The topological polar surface area (TPSA) is 52.6 Å². The van der Waals surface area contributed by atoms with Crippen LogP contribution in [0.25, 0.3) is 0 Å². The molecule has 18 heavy (non-hydrogen) atoms. The molecule has 1 atom stereocenters. The lowest BCUT2D eigenvalue weighted by Gasteiger charge is -2.42. The number of nitrogens with zero attached hydrogens (tertiary/aromatic N) is 1.